The molecule has 5 atom stereocenters. The first-order chi connectivity index (χ1) is 15.6. The van der Waals surface area contributed by atoms with E-state index < -0.39 is 41.8 Å². The number of guanidine groups is 2. The van der Waals surface area contributed by atoms with E-state index in [1.807, 2.05) is 0 Å². The van der Waals surface area contributed by atoms with Gasteiger partial charge in [0.05, 0.1) is 24.2 Å². The zero-order chi connectivity index (χ0) is 23.5. The van der Waals surface area contributed by atoms with Crippen molar-refractivity contribution in [2.45, 2.75) is 48.7 Å². The fourth-order valence-corrected chi connectivity index (χ4v) is 5.19. The summed E-state index contributed by atoms with van der Waals surface area (Å²) in [5.74, 6) is -4.15. The molecular weight excluding hydrogens is 434 g/mol. The molecule has 0 aromatic heterocycles. The molecule has 1 aromatic rings. The van der Waals surface area contributed by atoms with Crippen LogP contribution in [0.25, 0.3) is 0 Å². The molecule has 176 valence electrons. The third kappa shape index (κ3) is 3.03. The van der Waals surface area contributed by atoms with E-state index in [4.69, 9.17) is 15.6 Å². The van der Waals surface area contributed by atoms with Crippen LogP contribution in [0, 0.1) is 10.8 Å². The second kappa shape index (κ2) is 7.30. The monoisotopic (exact) mass is 459 g/mol. The Bertz CT molecular complexity index is 1020. The minimum atomic E-state index is -2.71. The maximum absolute atomic E-state index is 12.6. The van der Waals surface area contributed by atoms with Crippen LogP contribution >= 0.6 is 0 Å². The first kappa shape index (κ1) is 21.4. The fraction of sp³-hybridized carbons (Fsp3) is 0.500. The largest absolute Gasteiger partial charge is 0.451 e. The smallest absolute Gasteiger partial charge is 0.338 e. The van der Waals surface area contributed by atoms with E-state index in [2.05, 4.69) is 16.0 Å². The van der Waals surface area contributed by atoms with Crippen molar-refractivity contribution in [3.8, 4) is 0 Å². The van der Waals surface area contributed by atoms with Crippen molar-refractivity contribution in [2.24, 2.45) is 0 Å². The van der Waals surface area contributed by atoms with E-state index in [0.717, 1.165) is 0 Å². The highest BCUT2D eigenvalue weighted by Gasteiger charge is 2.75. The number of rotatable bonds is 4. The van der Waals surface area contributed by atoms with E-state index in [1.54, 1.807) is 18.2 Å². The van der Waals surface area contributed by atoms with Gasteiger partial charge in [-0.05, 0) is 12.1 Å². The van der Waals surface area contributed by atoms with Gasteiger partial charge in [0.2, 0.25) is 11.7 Å². The molecule has 33 heavy (non-hydrogen) atoms. The lowest BCUT2D eigenvalue weighted by atomic mass is 9.85. The molecular formula is C20H25N7O6. The summed E-state index contributed by atoms with van der Waals surface area (Å²) in [6, 6.07) is 6.41. The number of hydrogen-bond acceptors (Lipinski definition) is 8. The van der Waals surface area contributed by atoms with E-state index in [1.165, 1.54) is 21.9 Å². The molecule has 4 aliphatic rings. The quantitative estimate of drug-likeness (QED) is 0.173. The molecule has 8 N–H and O–H groups in total. The Kier molecular flexibility index (Phi) is 4.74. The lowest BCUT2D eigenvalue weighted by Crippen LogP contribution is -2.81. The molecule has 13 nitrogen and oxygen atoms in total. The average Bonchev–Trinajstić information content (AvgIpc) is 3.37. The van der Waals surface area contributed by atoms with E-state index >= 15 is 0 Å². The van der Waals surface area contributed by atoms with Crippen molar-refractivity contribution in [1.82, 2.24) is 25.8 Å². The van der Waals surface area contributed by atoms with Crippen LogP contribution in [0.15, 0.2) is 30.3 Å². The molecule has 4 aliphatic heterocycles. The highest BCUT2D eigenvalue weighted by atomic mass is 16.6. The summed E-state index contributed by atoms with van der Waals surface area (Å²) in [6.45, 7) is -0.261. The lowest BCUT2D eigenvalue weighted by molar-refractivity contribution is -0.258. The van der Waals surface area contributed by atoms with Gasteiger partial charge in [0.15, 0.2) is 23.7 Å². The Labute approximate surface area is 188 Å². The molecule has 4 fully saturated rings. The van der Waals surface area contributed by atoms with Gasteiger partial charge in [0.1, 0.15) is 6.23 Å². The lowest BCUT2D eigenvalue weighted by Gasteiger charge is -2.51. The normalized spacial score (nSPS) is 34.3. The summed E-state index contributed by atoms with van der Waals surface area (Å²) >= 11 is 0. The molecule has 1 spiro atoms. The number of ether oxygens (including phenoxy) is 1. The molecule has 1 amide bonds. The second-order valence-corrected chi connectivity index (χ2v) is 8.65. The number of likely N-dealkylation sites (tertiary alicyclic amines) is 1. The highest BCUT2D eigenvalue weighted by molar-refractivity contribution is 5.90. The molecule has 0 aliphatic carbocycles. The molecule has 4 heterocycles. The number of hydrogen-bond donors (Lipinski definition) is 8. The molecule has 13 heteroatoms. The maximum Gasteiger partial charge on any atom is 0.338 e. The SMILES string of the molecule is N=C1N[C@H]2[C@H](CN3C(=O)CCC3O)NC(=N)N3C[C@H](OC(=O)c4ccccc4)C(O)(O)C23N1. The molecule has 2 unspecified atom stereocenters. The Morgan fingerprint density at radius 3 is 2.61 bits per heavy atom. The zero-order valence-electron chi connectivity index (χ0n) is 17.5. The highest BCUT2D eigenvalue weighted by Crippen LogP contribution is 2.44. The van der Waals surface area contributed by atoms with Crippen LogP contribution in [-0.2, 0) is 9.53 Å². The minimum Gasteiger partial charge on any atom is -0.451 e. The molecule has 0 radical (unpaired) electrons. The van der Waals surface area contributed by atoms with Crippen molar-refractivity contribution in [3.63, 3.8) is 0 Å². The van der Waals surface area contributed by atoms with E-state index in [9.17, 15) is 24.9 Å². The number of aliphatic hydroxyl groups is 3. The topological polar surface area (TPSA) is 194 Å². The van der Waals surface area contributed by atoms with Crippen molar-refractivity contribution in [1.29, 1.82) is 10.8 Å². The van der Waals surface area contributed by atoms with Crippen molar-refractivity contribution in [2.75, 3.05) is 13.1 Å². The number of nitrogens with one attached hydrogen (secondary N) is 5. The van der Waals surface area contributed by atoms with Crippen LogP contribution in [0.4, 0.5) is 0 Å². The van der Waals surface area contributed by atoms with Gasteiger partial charge in [-0.2, -0.15) is 0 Å². The maximum atomic E-state index is 12.6. The number of carbonyl (C=O) groups excluding carboxylic acids is 2. The predicted molar refractivity (Wildman–Crippen MR) is 112 cm³/mol. The average molecular weight is 459 g/mol. The Balaban J connectivity index is 1.46. The summed E-state index contributed by atoms with van der Waals surface area (Å²) in [7, 11) is 0. The summed E-state index contributed by atoms with van der Waals surface area (Å²) in [6.07, 6.45) is -1.95. The fourth-order valence-electron chi connectivity index (χ4n) is 5.19. The number of aliphatic hydroxyl groups excluding tert-OH is 1. The molecule has 4 saturated heterocycles. The van der Waals surface area contributed by atoms with Crippen LogP contribution < -0.4 is 16.0 Å². The zero-order valence-corrected chi connectivity index (χ0v) is 17.5. The summed E-state index contributed by atoms with van der Waals surface area (Å²) in [4.78, 5) is 27.4. The first-order valence-corrected chi connectivity index (χ1v) is 10.6. The molecule has 5 rings (SSSR count). The van der Waals surface area contributed by atoms with Crippen molar-refractivity contribution >= 4 is 23.8 Å². The molecule has 1 aromatic carbocycles. The number of benzene rings is 1. The van der Waals surface area contributed by atoms with Gasteiger partial charge >= 0.3 is 5.97 Å². The molecule has 0 saturated carbocycles. The van der Waals surface area contributed by atoms with Gasteiger partial charge in [0.25, 0.3) is 0 Å². The predicted octanol–water partition coefficient (Wildman–Crippen LogP) is -2.75. The van der Waals surface area contributed by atoms with Gasteiger partial charge < -0.3 is 45.8 Å². The number of carbonyl (C=O) groups is 2. The number of esters is 1. The van der Waals surface area contributed by atoms with E-state index in [0.29, 0.717) is 0 Å². The number of amides is 1. The minimum absolute atomic E-state index is 0.0326. The number of nitrogens with zero attached hydrogens (tertiary/aromatic N) is 2. The Morgan fingerprint density at radius 2 is 1.94 bits per heavy atom. The molecule has 0 bridgehead atoms. The van der Waals surface area contributed by atoms with Crippen LogP contribution in [0.2, 0.25) is 0 Å². The van der Waals surface area contributed by atoms with Crippen molar-refractivity contribution < 1.29 is 29.6 Å². The second-order valence-electron chi connectivity index (χ2n) is 8.65. The van der Waals surface area contributed by atoms with Crippen molar-refractivity contribution in [3.05, 3.63) is 35.9 Å². The van der Waals surface area contributed by atoms with Gasteiger partial charge in [-0.25, -0.2) is 4.79 Å². The Hall–Kier alpha value is -3.42. The van der Waals surface area contributed by atoms with Crippen LogP contribution in [0.1, 0.15) is 23.2 Å². The van der Waals surface area contributed by atoms with Crippen LogP contribution in [0.3, 0.4) is 0 Å². The van der Waals surface area contributed by atoms with E-state index in [-0.39, 0.29) is 49.3 Å². The van der Waals surface area contributed by atoms with Crippen LogP contribution in [-0.4, -0.2) is 97.9 Å². The Morgan fingerprint density at radius 1 is 1.21 bits per heavy atom. The third-order valence-electron chi connectivity index (χ3n) is 6.79. The standard InChI is InChI=1S/C20H25N7O6/c21-17-24-15-11(8-26-13(28)6-7-14(26)29)23-18(22)27-9-12(20(31,32)19(15,27)25-17)33-16(30)10-4-2-1-3-5-10/h1-5,11-13,15,28,31-32H,6-9H2,(H2,22,23)(H3,21,24,25)/t11-,12-,13?,15-,19?/m0/s1. The third-order valence-corrected chi connectivity index (χ3v) is 6.79. The van der Waals surface area contributed by atoms with Gasteiger partial charge in [-0.3, -0.25) is 15.6 Å². The van der Waals surface area contributed by atoms with Gasteiger partial charge in [-0.1, -0.05) is 18.2 Å². The summed E-state index contributed by atoms with van der Waals surface area (Å²) < 4.78 is 5.45. The summed E-state index contributed by atoms with van der Waals surface area (Å²) in [5, 5.41) is 57.9. The van der Waals surface area contributed by atoms with Crippen LogP contribution in [0.5, 0.6) is 0 Å². The first-order valence-electron chi connectivity index (χ1n) is 10.6. The summed E-state index contributed by atoms with van der Waals surface area (Å²) in [5.41, 5.74) is -1.60. The van der Waals surface area contributed by atoms with Gasteiger partial charge in [0, 0.05) is 19.4 Å². The van der Waals surface area contributed by atoms with Gasteiger partial charge in [-0.15, -0.1) is 0 Å².